The van der Waals surface area contributed by atoms with Gasteiger partial charge < -0.3 is 10.6 Å². The van der Waals surface area contributed by atoms with Gasteiger partial charge in [0, 0.05) is 23.4 Å². The molecular formula is C26H24F4N8O2. The van der Waals surface area contributed by atoms with Crippen LogP contribution >= 0.6 is 0 Å². The molecule has 1 aliphatic heterocycles. The summed E-state index contributed by atoms with van der Waals surface area (Å²) in [5.41, 5.74) is -0.900. The molecule has 0 bridgehead atoms. The van der Waals surface area contributed by atoms with E-state index in [4.69, 9.17) is 0 Å². The third-order valence-corrected chi connectivity index (χ3v) is 6.67. The van der Waals surface area contributed by atoms with Crippen molar-refractivity contribution < 1.29 is 22.4 Å². The number of pyridine rings is 1. The molecule has 4 aromatic rings. The first-order valence-corrected chi connectivity index (χ1v) is 12.5. The lowest BCUT2D eigenvalue weighted by Gasteiger charge is -2.24. The molecule has 0 unspecified atom stereocenters. The molecule has 3 aromatic heterocycles. The van der Waals surface area contributed by atoms with Crippen LogP contribution < -0.4 is 16.2 Å². The molecule has 40 heavy (non-hydrogen) atoms. The number of nitrogens with one attached hydrogen (secondary N) is 2. The highest BCUT2D eigenvalue weighted by Crippen LogP contribution is 2.34. The third kappa shape index (κ3) is 5.47. The monoisotopic (exact) mass is 556 g/mol. The maximum absolute atomic E-state index is 14.6. The van der Waals surface area contributed by atoms with Crippen LogP contribution in [0.4, 0.5) is 17.6 Å². The highest BCUT2D eigenvalue weighted by Gasteiger charge is 2.35. The molecule has 0 radical (unpaired) electrons. The molecule has 208 valence electrons. The van der Waals surface area contributed by atoms with Gasteiger partial charge in [0.05, 0.1) is 41.4 Å². The van der Waals surface area contributed by atoms with Crippen molar-refractivity contribution in [1.82, 2.24) is 40.4 Å². The van der Waals surface area contributed by atoms with Crippen LogP contribution in [0.1, 0.15) is 53.5 Å². The fourth-order valence-electron chi connectivity index (χ4n) is 4.62. The molecular weight excluding hydrogens is 532 g/mol. The maximum Gasteiger partial charge on any atom is 0.419 e. The second kappa shape index (κ2) is 11.0. The minimum atomic E-state index is -4.88. The molecule has 0 aliphatic carbocycles. The lowest BCUT2D eigenvalue weighted by atomic mass is 10.0. The van der Waals surface area contributed by atoms with E-state index in [1.807, 2.05) is 4.68 Å². The van der Waals surface area contributed by atoms with Crippen molar-refractivity contribution in [3.05, 3.63) is 88.0 Å². The zero-order valence-corrected chi connectivity index (χ0v) is 21.2. The van der Waals surface area contributed by atoms with Gasteiger partial charge in [-0.25, -0.2) is 9.07 Å². The molecule has 1 saturated heterocycles. The predicted octanol–water partition coefficient (Wildman–Crippen LogP) is 3.46. The van der Waals surface area contributed by atoms with Crippen molar-refractivity contribution in [3.63, 3.8) is 0 Å². The van der Waals surface area contributed by atoms with E-state index in [0.717, 1.165) is 48.8 Å². The molecule has 14 heteroatoms. The molecule has 1 amide bonds. The van der Waals surface area contributed by atoms with Crippen LogP contribution in [0.25, 0.3) is 16.9 Å². The Balaban J connectivity index is 1.41. The Morgan fingerprint density at radius 3 is 2.65 bits per heavy atom. The van der Waals surface area contributed by atoms with E-state index in [9.17, 15) is 27.2 Å². The summed E-state index contributed by atoms with van der Waals surface area (Å²) >= 11 is 0. The minimum Gasteiger partial charge on any atom is -0.344 e. The predicted molar refractivity (Wildman–Crippen MR) is 135 cm³/mol. The molecule has 1 atom stereocenters. The summed E-state index contributed by atoms with van der Waals surface area (Å²) in [6, 6.07) is 5.85. The first kappa shape index (κ1) is 27.1. The van der Waals surface area contributed by atoms with Crippen LogP contribution in [0.15, 0.2) is 59.8 Å². The summed E-state index contributed by atoms with van der Waals surface area (Å²) < 4.78 is 56.7. The number of hydrogen-bond donors (Lipinski definition) is 2. The van der Waals surface area contributed by atoms with E-state index in [1.165, 1.54) is 19.2 Å². The van der Waals surface area contributed by atoms with Crippen LogP contribution in [-0.4, -0.2) is 48.8 Å². The van der Waals surface area contributed by atoms with Gasteiger partial charge in [0.25, 0.3) is 11.5 Å². The number of carbonyl (C=O) groups excluding carboxylic acids is 1. The van der Waals surface area contributed by atoms with Gasteiger partial charge >= 0.3 is 6.18 Å². The summed E-state index contributed by atoms with van der Waals surface area (Å²) in [5, 5.41) is 18.2. The lowest BCUT2D eigenvalue weighted by molar-refractivity contribution is -0.140. The SMILES string of the molecule is C[C@@H](NC(=O)c1ccc(=O)n(-c2cncc(-c3cnnn3C3CCNCC3)c2)n1)c1cccc(C(F)(F)F)c1F. The molecule has 0 saturated carbocycles. The van der Waals surface area contributed by atoms with Gasteiger partial charge in [0.15, 0.2) is 0 Å². The number of amides is 1. The normalized spacial score (nSPS) is 15.1. The number of hydrogen-bond acceptors (Lipinski definition) is 7. The van der Waals surface area contributed by atoms with Gasteiger partial charge in [-0.15, -0.1) is 5.10 Å². The second-order valence-corrected chi connectivity index (χ2v) is 9.35. The smallest absolute Gasteiger partial charge is 0.344 e. The molecule has 1 fully saturated rings. The molecule has 10 nitrogen and oxygen atoms in total. The Kier molecular flexibility index (Phi) is 7.43. The second-order valence-electron chi connectivity index (χ2n) is 9.35. The molecule has 0 spiro atoms. The van der Waals surface area contributed by atoms with Gasteiger partial charge in [-0.2, -0.15) is 23.0 Å². The average Bonchev–Trinajstić information content (AvgIpc) is 3.43. The highest BCUT2D eigenvalue weighted by atomic mass is 19.4. The Labute approximate surface area is 225 Å². The Hall–Kier alpha value is -4.46. The van der Waals surface area contributed by atoms with E-state index in [1.54, 1.807) is 18.5 Å². The van der Waals surface area contributed by atoms with E-state index >= 15 is 0 Å². The fraction of sp³-hybridized carbons (Fsp3) is 0.308. The first-order chi connectivity index (χ1) is 19.1. The number of halogens is 4. The van der Waals surface area contributed by atoms with Crippen LogP contribution in [0.3, 0.4) is 0 Å². The Morgan fingerprint density at radius 1 is 1.12 bits per heavy atom. The number of alkyl halides is 3. The van der Waals surface area contributed by atoms with Gasteiger partial charge in [-0.1, -0.05) is 17.3 Å². The van der Waals surface area contributed by atoms with Crippen LogP contribution in [0, 0.1) is 5.82 Å². The first-order valence-electron chi connectivity index (χ1n) is 12.5. The van der Waals surface area contributed by atoms with Crippen molar-refractivity contribution in [2.75, 3.05) is 13.1 Å². The Bertz CT molecular complexity index is 1590. The summed E-state index contributed by atoms with van der Waals surface area (Å²) in [6.07, 6.45) is 1.49. The van der Waals surface area contributed by atoms with Crippen LogP contribution in [0.2, 0.25) is 0 Å². The quantitative estimate of drug-likeness (QED) is 0.349. The standard InChI is InChI=1S/C26H24F4N8O2/c1-15(19-3-2-4-20(24(19)27)26(28,29)30)34-25(40)21-5-6-23(39)38(35-21)18-11-16(12-32-13-18)22-14-33-36-37(22)17-7-9-31-10-8-17/h2-6,11-15,17,31H,7-10H2,1H3,(H,34,40)/t15-/m1/s1. The van der Waals surface area contributed by atoms with Gasteiger partial charge in [-0.05, 0) is 51.1 Å². The van der Waals surface area contributed by atoms with Crippen molar-refractivity contribution in [2.45, 2.75) is 38.0 Å². The topological polar surface area (TPSA) is 120 Å². The lowest BCUT2D eigenvalue weighted by Crippen LogP contribution is -2.31. The van der Waals surface area contributed by atoms with E-state index in [-0.39, 0.29) is 23.0 Å². The largest absolute Gasteiger partial charge is 0.419 e. The van der Waals surface area contributed by atoms with Gasteiger partial charge in [-0.3, -0.25) is 14.6 Å². The van der Waals surface area contributed by atoms with Gasteiger partial charge in [0.1, 0.15) is 11.5 Å². The third-order valence-electron chi connectivity index (χ3n) is 6.67. The summed E-state index contributed by atoms with van der Waals surface area (Å²) in [5.74, 6) is -2.28. The van der Waals surface area contributed by atoms with E-state index < -0.39 is 35.1 Å². The molecule has 1 aliphatic rings. The minimum absolute atomic E-state index is 0.152. The van der Waals surface area contributed by atoms with Crippen molar-refractivity contribution in [1.29, 1.82) is 0 Å². The molecule has 4 heterocycles. The number of carbonyl (C=O) groups is 1. The van der Waals surface area contributed by atoms with Crippen LogP contribution in [-0.2, 0) is 6.18 Å². The number of rotatable bonds is 6. The maximum atomic E-state index is 14.6. The average molecular weight is 557 g/mol. The van der Waals surface area contributed by atoms with E-state index in [2.05, 4.69) is 31.0 Å². The van der Waals surface area contributed by atoms with Crippen LogP contribution in [0.5, 0.6) is 0 Å². The fourth-order valence-corrected chi connectivity index (χ4v) is 4.62. The zero-order chi connectivity index (χ0) is 28.4. The van der Waals surface area contributed by atoms with Crippen molar-refractivity contribution in [3.8, 4) is 16.9 Å². The molecule has 2 N–H and O–H groups in total. The number of aromatic nitrogens is 6. The van der Waals surface area contributed by atoms with E-state index in [0.29, 0.717) is 17.3 Å². The summed E-state index contributed by atoms with van der Waals surface area (Å²) in [6.45, 7) is 3.06. The zero-order valence-electron chi connectivity index (χ0n) is 21.2. The van der Waals surface area contributed by atoms with Crippen molar-refractivity contribution in [2.24, 2.45) is 0 Å². The number of piperidine rings is 1. The molecule has 5 rings (SSSR count). The summed E-state index contributed by atoms with van der Waals surface area (Å²) in [4.78, 5) is 29.8. The van der Waals surface area contributed by atoms with Crippen molar-refractivity contribution >= 4 is 5.91 Å². The number of nitrogens with zero attached hydrogens (tertiary/aromatic N) is 6. The number of benzene rings is 1. The Morgan fingerprint density at radius 2 is 1.90 bits per heavy atom. The van der Waals surface area contributed by atoms with Gasteiger partial charge in [0.2, 0.25) is 0 Å². The summed E-state index contributed by atoms with van der Waals surface area (Å²) in [7, 11) is 0. The molecule has 1 aromatic carbocycles. The highest BCUT2D eigenvalue weighted by molar-refractivity contribution is 5.92.